The molecular weight excluding hydrogens is 129 g/mol. The van der Waals surface area contributed by atoms with Gasteiger partial charge in [-0.2, -0.15) is 0 Å². The Morgan fingerprint density at radius 2 is 1.56 bits per heavy atom. The van der Waals surface area contributed by atoms with Gasteiger partial charge in [0.15, 0.2) is 5.67 Å². The molecule has 0 aromatic rings. The molecule has 1 aliphatic carbocycles. The van der Waals surface area contributed by atoms with Crippen molar-refractivity contribution < 1.29 is 13.2 Å². The summed E-state index contributed by atoms with van der Waals surface area (Å²) in [5.74, 6) is -0.921. The molecule has 0 heterocycles. The lowest BCUT2D eigenvalue weighted by atomic mass is 10.3. The van der Waals surface area contributed by atoms with Crippen molar-refractivity contribution in [2.75, 3.05) is 0 Å². The molecule has 0 saturated heterocycles. The molecule has 0 radical (unpaired) electrons. The molecule has 54 valence electrons. The van der Waals surface area contributed by atoms with E-state index >= 15 is 0 Å². The van der Waals surface area contributed by atoms with E-state index in [1.165, 1.54) is 13.8 Å². The van der Waals surface area contributed by atoms with Crippen molar-refractivity contribution >= 4 is 0 Å². The Morgan fingerprint density at radius 1 is 1.22 bits per heavy atom. The Labute approximate surface area is 52.1 Å². The summed E-state index contributed by atoms with van der Waals surface area (Å²) >= 11 is 0. The summed E-state index contributed by atoms with van der Waals surface area (Å²) in [4.78, 5) is 0. The van der Waals surface area contributed by atoms with Crippen molar-refractivity contribution in [2.45, 2.75) is 25.9 Å². The molecule has 3 heteroatoms. The van der Waals surface area contributed by atoms with Crippen LogP contribution in [0.25, 0.3) is 0 Å². The molecule has 2 unspecified atom stereocenters. The first kappa shape index (κ1) is 6.90. The van der Waals surface area contributed by atoms with Gasteiger partial charge in [-0.3, -0.25) is 0 Å². The molecule has 2 atom stereocenters. The second-order valence-electron chi connectivity index (χ2n) is 2.71. The fourth-order valence-corrected chi connectivity index (χ4v) is 1.15. The summed E-state index contributed by atoms with van der Waals surface area (Å²) in [7, 11) is 0. The second kappa shape index (κ2) is 1.64. The van der Waals surface area contributed by atoms with E-state index in [0.29, 0.717) is 0 Å². The molecule has 0 nitrogen and oxygen atoms in total. The normalized spacial score (nSPS) is 50.0. The van der Waals surface area contributed by atoms with Crippen molar-refractivity contribution in [1.29, 1.82) is 0 Å². The van der Waals surface area contributed by atoms with Crippen molar-refractivity contribution in [3.8, 4) is 0 Å². The predicted octanol–water partition coefficient (Wildman–Crippen LogP) is 2.25. The van der Waals surface area contributed by atoms with Crippen LogP contribution in [0, 0.1) is 11.8 Å². The van der Waals surface area contributed by atoms with Crippen molar-refractivity contribution in [1.82, 2.24) is 0 Å². The van der Waals surface area contributed by atoms with Crippen molar-refractivity contribution in [2.24, 2.45) is 11.8 Å². The van der Waals surface area contributed by atoms with Crippen LogP contribution in [-0.2, 0) is 0 Å². The highest BCUT2D eigenvalue weighted by molar-refractivity contribution is 5.09. The number of alkyl halides is 3. The minimum atomic E-state index is -2.80. The van der Waals surface area contributed by atoms with Gasteiger partial charge in [-0.25, -0.2) is 13.2 Å². The maximum atomic E-state index is 12.7. The van der Waals surface area contributed by atoms with E-state index in [9.17, 15) is 13.2 Å². The number of rotatable bonds is 1. The summed E-state index contributed by atoms with van der Waals surface area (Å²) in [6, 6.07) is 0. The standard InChI is InChI=1S/C6H9F3/c1-3-4(2)6(3,9)5(7)8/h3-5H,1-2H3. The molecule has 1 fully saturated rings. The number of hydrogen-bond donors (Lipinski definition) is 0. The maximum Gasteiger partial charge on any atom is 0.272 e. The minimum Gasteiger partial charge on any atom is -0.237 e. The van der Waals surface area contributed by atoms with Crippen LogP contribution in [0.1, 0.15) is 13.8 Å². The van der Waals surface area contributed by atoms with Gasteiger partial charge in [0.05, 0.1) is 0 Å². The fraction of sp³-hybridized carbons (Fsp3) is 1.00. The highest BCUT2D eigenvalue weighted by Gasteiger charge is 2.66. The van der Waals surface area contributed by atoms with E-state index in [1.807, 2.05) is 0 Å². The molecule has 1 aliphatic rings. The van der Waals surface area contributed by atoms with Gasteiger partial charge in [0, 0.05) is 11.8 Å². The lowest BCUT2D eigenvalue weighted by Gasteiger charge is -2.02. The van der Waals surface area contributed by atoms with Crippen LogP contribution in [0.15, 0.2) is 0 Å². The molecule has 0 N–H and O–H groups in total. The number of hydrogen-bond acceptors (Lipinski definition) is 0. The number of halogens is 3. The van der Waals surface area contributed by atoms with Crippen LogP contribution in [-0.4, -0.2) is 12.1 Å². The molecule has 9 heavy (non-hydrogen) atoms. The first-order valence-electron chi connectivity index (χ1n) is 2.98. The monoisotopic (exact) mass is 138 g/mol. The van der Waals surface area contributed by atoms with E-state index in [1.54, 1.807) is 0 Å². The molecule has 0 aliphatic heterocycles. The molecule has 1 saturated carbocycles. The Morgan fingerprint density at radius 3 is 1.56 bits per heavy atom. The maximum absolute atomic E-state index is 12.7. The van der Waals surface area contributed by atoms with Gasteiger partial charge in [0.1, 0.15) is 0 Å². The van der Waals surface area contributed by atoms with E-state index in [4.69, 9.17) is 0 Å². The molecule has 1 rings (SSSR count). The smallest absolute Gasteiger partial charge is 0.237 e. The Hall–Kier alpha value is -0.210. The SMILES string of the molecule is CC1C(C)C1(F)C(F)F. The van der Waals surface area contributed by atoms with E-state index in [0.717, 1.165) is 0 Å². The summed E-state index contributed by atoms with van der Waals surface area (Å²) in [5.41, 5.74) is -2.17. The Balaban J connectivity index is 2.60. The van der Waals surface area contributed by atoms with Gasteiger partial charge >= 0.3 is 0 Å². The van der Waals surface area contributed by atoms with Gasteiger partial charge in [-0.05, 0) is 0 Å². The van der Waals surface area contributed by atoms with Crippen LogP contribution in [0.2, 0.25) is 0 Å². The third-order valence-electron chi connectivity index (χ3n) is 2.37. The molecule has 0 spiro atoms. The van der Waals surface area contributed by atoms with Crippen LogP contribution >= 0.6 is 0 Å². The van der Waals surface area contributed by atoms with Crippen molar-refractivity contribution in [3.63, 3.8) is 0 Å². The van der Waals surface area contributed by atoms with Crippen LogP contribution in [0.5, 0.6) is 0 Å². The molecular formula is C6H9F3. The third-order valence-corrected chi connectivity index (χ3v) is 2.37. The first-order chi connectivity index (χ1) is 4.01. The summed E-state index contributed by atoms with van der Waals surface area (Å²) in [5, 5.41) is 0. The zero-order valence-corrected chi connectivity index (χ0v) is 5.37. The van der Waals surface area contributed by atoms with Gasteiger partial charge in [0.25, 0.3) is 6.43 Å². The largest absolute Gasteiger partial charge is 0.272 e. The predicted molar refractivity (Wildman–Crippen MR) is 28.2 cm³/mol. The van der Waals surface area contributed by atoms with Gasteiger partial charge < -0.3 is 0 Å². The zero-order chi connectivity index (χ0) is 7.23. The van der Waals surface area contributed by atoms with E-state index < -0.39 is 23.9 Å². The first-order valence-corrected chi connectivity index (χ1v) is 2.98. The summed E-state index contributed by atoms with van der Waals surface area (Å²) in [6.07, 6.45) is -2.80. The third kappa shape index (κ3) is 0.667. The van der Waals surface area contributed by atoms with Gasteiger partial charge in [0.2, 0.25) is 0 Å². The highest BCUT2D eigenvalue weighted by atomic mass is 19.3. The summed E-state index contributed by atoms with van der Waals surface area (Å²) < 4.78 is 36.1. The average molecular weight is 138 g/mol. The zero-order valence-electron chi connectivity index (χ0n) is 5.37. The van der Waals surface area contributed by atoms with Gasteiger partial charge in [-0.15, -0.1) is 0 Å². The topological polar surface area (TPSA) is 0 Å². The molecule has 0 aromatic heterocycles. The van der Waals surface area contributed by atoms with Crippen LogP contribution < -0.4 is 0 Å². The lowest BCUT2D eigenvalue weighted by molar-refractivity contribution is 0.0176. The average Bonchev–Trinajstić information content (AvgIpc) is 2.22. The van der Waals surface area contributed by atoms with Gasteiger partial charge in [-0.1, -0.05) is 13.8 Å². The molecule has 0 aromatic carbocycles. The van der Waals surface area contributed by atoms with E-state index in [2.05, 4.69) is 0 Å². The van der Waals surface area contributed by atoms with E-state index in [-0.39, 0.29) is 0 Å². The van der Waals surface area contributed by atoms with Crippen LogP contribution in [0.4, 0.5) is 13.2 Å². The molecule has 0 bridgehead atoms. The second-order valence-corrected chi connectivity index (χ2v) is 2.71. The molecule has 0 amide bonds. The lowest BCUT2D eigenvalue weighted by Crippen LogP contribution is -2.16. The van der Waals surface area contributed by atoms with Crippen LogP contribution in [0.3, 0.4) is 0 Å². The van der Waals surface area contributed by atoms with Crippen molar-refractivity contribution in [3.05, 3.63) is 0 Å². The Kier molecular flexibility index (Phi) is 1.26. The fourth-order valence-electron chi connectivity index (χ4n) is 1.15. The quantitative estimate of drug-likeness (QED) is 0.521. The summed E-state index contributed by atoms with van der Waals surface area (Å²) in [6.45, 7) is 3.02. The highest BCUT2D eigenvalue weighted by Crippen LogP contribution is 2.56. The minimum absolute atomic E-state index is 0.461. The Bertz CT molecular complexity index is 104.